The highest BCUT2D eigenvalue weighted by atomic mass is 15.2. The van der Waals surface area contributed by atoms with Crippen LogP contribution in [-0.2, 0) is 0 Å². The molecule has 0 radical (unpaired) electrons. The van der Waals surface area contributed by atoms with Crippen molar-refractivity contribution < 1.29 is 0 Å². The van der Waals surface area contributed by atoms with E-state index in [1.165, 1.54) is 0 Å². The van der Waals surface area contributed by atoms with Gasteiger partial charge in [-0.1, -0.05) is 20.8 Å². The van der Waals surface area contributed by atoms with Crippen molar-refractivity contribution in [3.63, 3.8) is 0 Å². The maximum absolute atomic E-state index is 4.29. The van der Waals surface area contributed by atoms with Crippen molar-refractivity contribution in [2.24, 2.45) is 10.4 Å². The highest BCUT2D eigenvalue weighted by Crippen LogP contribution is 2.33. The van der Waals surface area contributed by atoms with Crippen LogP contribution in [0.5, 0.6) is 0 Å². The number of hydrogen-bond acceptors (Lipinski definition) is 5. The van der Waals surface area contributed by atoms with Crippen LogP contribution in [0.1, 0.15) is 27.7 Å². The second-order valence-electron chi connectivity index (χ2n) is 6.25. The number of aromatic nitrogens is 1. The zero-order chi connectivity index (χ0) is 15.9. The zero-order valence-corrected chi connectivity index (χ0v) is 14.0. The van der Waals surface area contributed by atoms with Crippen LogP contribution in [0.3, 0.4) is 0 Å². The molecule has 0 bridgehead atoms. The Morgan fingerprint density at radius 1 is 1.38 bits per heavy atom. The fraction of sp³-hybridized carbons (Fsp3) is 0.625. The Morgan fingerprint density at radius 3 is 2.62 bits per heavy atom. The first-order valence-electron chi connectivity index (χ1n) is 7.52. The van der Waals surface area contributed by atoms with E-state index in [0.29, 0.717) is 5.41 Å². The van der Waals surface area contributed by atoms with Gasteiger partial charge in [-0.15, -0.1) is 0 Å². The topological polar surface area (TPSA) is 52.5 Å². The Morgan fingerprint density at radius 2 is 2.10 bits per heavy atom. The van der Waals surface area contributed by atoms with Crippen LogP contribution in [0.15, 0.2) is 17.3 Å². The van der Waals surface area contributed by atoms with E-state index in [0.717, 1.165) is 43.4 Å². The quantitative estimate of drug-likeness (QED) is 0.571. The molecule has 2 N–H and O–H groups in total. The second-order valence-corrected chi connectivity index (χ2v) is 6.25. The molecule has 0 aliphatic heterocycles. The largest absolute Gasteiger partial charge is 0.371 e. The summed E-state index contributed by atoms with van der Waals surface area (Å²) in [4.78, 5) is 10.7. The van der Waals surface area contributed by atoms with Crippen molar-refractivity contribution in [1.29, 1.82) is 0 Å². The number of aliphatic imine (C=N–C) groups is 1. The summed E-state index contributed by atoms with van der Waals surface area (Å²) in [5.41, 5.74) is 2.20. The molecule has 5 nitrogen and oxygen atoms in total. The van der Waals surface area contributed by atoms with E-state index in [-0.39, 0.29) is 0 Å². The number of anilines is 2. The van der Waals surface area contributed by atoms with Crippen molar-refractivity contribution in [2.45, 2.75) is 27.7 Å². The summed E-state index contributed by atoms with van der Waals surface area (Å²) in [5.74, 6) is 0.767. The minimum absolute atomic E-state index is 0.306. The van der Waals surface area contributed by atoms with Crippen LogP contribution in [0.4, 0.5) is 17.2 Å². The summed E-state index contributed by atoms with van der Waals surface area (Å²) in [6, 6.07) is 2.00. The van der Waals surface area contributed by atoms with E-state index < -0.39 is 0 Å². The Labute approximate surface area is 128 Å². The summed E-state index contributed by atoms with van der Waals surface area (Å²) in [6.07, 6.45) is 1.81. The average Bonchev–Trinajstić information content (AvgIpc) is 2.45. The lowest BCUT2D eigenvalue weighted by Crippen LogP contribution is -2.35. The molecule has 0 atom stereocenters. The van der Waals surface area contributed by atoms with Crippen molar-refractivity contribution >= 4 is 23.9 Å². The molecule has 0 saturated carbocycles. The molecular weight excluding hydrogens is 262 g/mol. The standard InChI is InChI=1S/C16H29N5/c1-7-21(11-10-19-12-16(2,3)4)13-8-9-20-15(18-6)14(13)17-5/h8-9,19H,5,7,10-12H2,1-4,6H3,(H,18,20). The van der Waals surface area contributed by atoms with Gasteiger partial charge in [-0.3, -0.25) is 4.99 Å². The molecule has 0 unspecified atom stereocenters. The number of likely N-dealkylation sites (N-methyl/N-ethyl adjacent to an activating group) is 1. The summed E-state index contributed by atoms with van der Waals surface area (Å²) >= 11 is 0. The first kappa shape index (κ1) is 17.4. The molecule has 0 aliphatic rings. The maximum Gasteiger partial charge on any atom is 0.153 e. The molecule has 0 amide bonds. The van der Waals surface area contributed by atoms with Crippen LogP contribution in [-0.4, -0.2) is 44.9 Å². The molecule has 1 aromatic heterocycles. The van der Waals surface area contributed by atoms with Gasteiger partial charge in [0, 0.05) is 39.4 Å². The Kier molecular flexibility index (Phi) is 6.62. The van der Waals surface area contributed by atoms with Gasteiger partial charge < -0.3 is 15.5 Å². The normalized spacial score (nSPS) is 11.3. The van der Waals surface area contributed by atoms with Crippen molar-refractivity contribution in [3.8, 4) is 0 Å². The molecule has 5 heteroatoms. The first-order chi connectivity index (χ1) is 9.92. The molecule has 0 fully saturated rings. The van der Waals surface area contributed by atoms with E-state index in [1.807, 2.05) is 13.1 Å². The van der Waals surface area contributed by atoms with Crippen LogP contribution < -0.4 is 15.5 Å². The molecular formula is C16H29N5. The lowest BCUT2D eigenvalue weighted by Gasteiger charge is -2.26. The van der Waals surface area contributed by atoms with E-state index in [9.17, 15) is 0 Å². The van der Waals surface area contributed by atoms with E-state index in [4.69, 9.17) is 0 Å². The number of nitrogens with zero attached hydrogens (tertiary/aromatic N) is 3. The lowest BCUT2D eigenvalue weighted by molar-refractivity contribution is 0.382. The number of rotatable bonds is 8. The molecule has 0 spiro atoms. The van der Waals surface area contributed by atoms with Gasteiger partial charge in [-0.05, 0) is 25.1 Å². The second kappa shape index (κ2) is 7.98. The monoisotopic (exact) mass is 291 g/mol. The molecule has 118 valence electrons. The zero-order valence-electron chi connectivity index (χ0n) is 14.0. The third kappa shape index (κ3) is 5.34. The SMILES string of the molecule is C=Nc1c(N(CC)CCNCC(C)(C)C)ccnc1NC. The molecule has 1 aromatic rings. The summed E-state index contributed by atoms with van der Waals surface area (Å²) in [7, 11) is 1.85. The fourth-order valence-electron chi connectivity index (χ4n) is 2.16. The Bertz CT molecular complexity index is 450. The minimum atomic E-state index is 0.306. The molecule has 0 aromatic carbocycles. The maximum atomic E-state index is 4.29. The van der Waals surface area contributed by atoms with Gasteiger partial charge in [0.1, 0.15) is 5.69 Å². The minimum Gasteiger partial charge on any atom is -0.371 e. The lowest BCUT2D eigenvalue weighted by atomic mass is 9.97. The predicted octanol–water partition coefficient (Wildman–Crippen LogP) is 2.92. The van der Waals surface area contributed by atoms with Gasteiger partial charge >= 0.3 is 0 Å². The first-order valence-corrected chi connectivity index (χ1v) is 7.52. The van der Waals surface area contributed by atoms with Crippen molar-refractivity contribution in [1.82, 2.24) is 10.3 Å². The Balaban J connectivity index is 2.74. The van der Waals surface area contributed by atoms with Gasteiger partial charge in [0.2, 0.25) is 0 Å². The van der Waals surface area contributed by atoms with Crippen molar-refractivity contribution in [3.05, 3.63) is 12.3 Å². The highest BCUT2D eigenvalue weighted by Gasteiger charge is 2.14. The summed E-state index contributed by atoms with van der Waals surface area (Å²) < 4.78 is 0. The third-order valence-corrected chi connectivity index (χ3v) is 3.23. The third-order valence-electron chi connectivity index (χ3n) is 3.23. The number of pyridine rings is 1. The summed E-state index contributed by atoms with van der Waals surface area (Å²) in [6.45, 7) is 16.3. The number of hydrogen-bond donors (Lipinski definition) is 2. The van der Waals surface area contributed by atoms with E-state index in [2.05, 4.69) is 59.9 Å². The van der Waals surface area contributed by atoms with Gasteiger partial charge in [-0.25, -0.2) is 4.98 Å². The molecule has 21 heavy (non-hydrogen) atoms. The van der Waals surface area contributed by atoms with E-state index >= 15 is 0 Å². The Hall–Kier alpha value is -1.62. The summed E-state index contributed by atoms with van der Waals surface area (Å²) in [5, 5.41) is 6.57. The van der Waals surface area contributed by atoms with Crippen LogP contribution in [0.2, 0.25) is 0 Å². The van der Waals surface area contributed by atoms with Crippen LogP contribution >= 0.6 is 0 Å². The predicted molar refractivity (Wildman–Crippen MR) is 93.2 cm³/mol. The van der Waals surface area contributed by atoms with Crippen LogP contribution in [0.25, 0.3) is 0 Å². The molecule has 0 aliphatic carbocycles. The van der Waals surface area contributed by atoms with Gasteiger partial charge in [0.15, 0.2) is 5.82 Å². The molecule has 0 saturated heterocycles. The van der Waals surface area contributed by atoms with Crippen LogP contribution in [0, 0.1) is 5.41 Å². The van der Waals surface area contributed by atoms with Gasteiger partial charge in [-0.2, -0.15) is 0 Å². The molecule has 1 heterocycles. The van der Waals surface area contributed by atoms with E-state index in [1.54, 1.807) is 6.20 Å². The van der Waals surface area contributed by atoms with Gasteiger partial charge in [0.05, 0.1) is 5.69 Å². The van der Waals surface area contributed by atoms with Crippen molar-refractivity contribution in [2.75, 3.05) is 43.4 Å². The smallest absolute Gasteiger partial charge is 0.153 e. The fourth-order valence-corrected chi connectivity index (χ4v) is 2.16. The highest BCUT2D eigenvalue weighted by molar-refractivity contribution is 5.79. The molecule has 1 rings (SSSR count). The van der Waals surface area contributed by atoms with Gasteiger partial charge in [0.25, 0.3) is 0 Å². The average molecular weight is 291 g/mol. The number of nitrogens with one attached hydrogen (secondary N) is 2.